The van der Waals surface area contributed by atoms with E-state index in [0.29, 0.717) is 5.92 Å². The predicted molar refractivity (Wildman–Crippen MR) is 65.6 cm³/mol. The van der Waals surface area contributed by atoms with Crippen molar-refractivity contribution in [1.29, 1.82) is 0 Å². The van der Waals surface area contributed by atoms with Gasteiger partial charge in [-0.05, 0) is 24.4 Å². The van der Waals surface area contributed by atoms with Gasteiger partial charge in [-0.25, -0.2) is 0 Å². The van der Waals surface area contributed by atoms with Crippen LogP contribution in [-0.4, -0.2) is 12.6 Å². The Kier molecular flexibility index (Phi) is 4.93. The number of terminal acetylenes is 1. The van der Waals surface area contributed by atoms with Gasteiger partial charge in [-0.15, -0.1) is 6.42 Å². The molecule has 0 aliphatic heterocycles. The molecule has 1 heteroatoms. The second-order valence-electron chi connectivity index (χ2n) is 4.21. The van der Waals surface area contributed by atoms with Crippen LogP contribution in [0.15, 0.2) is 30.3 Å². The van der Waals surface area contributed by atoms with Crippen LogP contribution in [0, 0.1) is 18.3 Å². The van der Waals surface area contributed by atoms with Crippen LogP contribution >= 0.6 is 0 Å². The van der Waals surface area contributed by atoms with E-state index in [1.165, 1.54) is 5.56 Å². The topological polar surface area (TPSA) is 12.0 Å². The minimum absolute atomic E-state index is 0.148. The van der Waals surface area contributed by atoms with Crippen LogP contribution in [0.1, 0.15) is 19.4 Å². The summed E-state index contributed by atoms with van der Waals surface area (Å²) in [5.41, 5.74) is 1.29. The molecule has 1 N–H and O–H groups in total. The van der Waals surface area contributed by atoms with Crippen molar-refractivity contribution in [2.45, 2.75) is 26.3 Å². The van der Waals surface area contributed by atoms with Crippen LogP contribution < -0.4 is 5.32 Å². The number of hydrogen-bond donors (Lipinski definition) is 1. The fourth-order valence-electron chi connectivity index (χ4n) is 1.42. The molecule has 0 fully saturated rings. The first-order valence-electron chi connectivity index (χ1n) is 5.46. The molecule has 0 spiro atoms. The average molecular weight is 201 g/mol. The monoisotopic (exact) mass is 201 g/mol. The second kappa shape index (κ2) is 6.27. The molecule has 1 rings (SSSR count). The molecule has 0 saturated carbocycles. The first kappa shape index (κ1) is 11.8. The summed E-state index contributed by atoms with van der Waals surface area (Å²) >= 11 is 0. The summed E-state index contributed by atoms with van der Waals surface area (Å²) in [6.45, 7) is 5.34. The van der Waals surface area contributed by atoms with Crippen LogP contribution in [0.25, 0.3) is 0 Å². The maximum atomic E-state index is 5.49. The summed E-state index contributed by atoms with van der Waals surface area (Å²) in [5, 5.41) is 3.38. The highest BCUT2D eigenvalue weighted by molar-refractivity contribution is 5.18. The van der Waals surface area contributed by atoms with E-state index >= 15 is 0 Å². The smallest absolute Gasteiger partial charge is 0.0727 e. The number of nitrogens with one attached hydrogen (secondary N) is 1. The lowest BCUT2D eigenvalue weighted by Gasteiger charge is -2.14. The summed E-state index contributed by atoms with van der Waals surface area (Å²) in [6, 6.07) is 10.5. The van der Waals surface area contributed by atoms with Crippen molar-refractivity contribution in [3.63, 3.8) is 0 Å². The lowest BCUT2D eigenvalue weighted by atomic mass is 10.1. The Morgan fingerprint density at radius 2 is 1.93 bits per heavy atom. The third-order valence-corrected chi connectivity index (χ3v) is 2.26. The van der Waals surface area contributed by atoms with Gasteiger partial charge in [0.05, 0.1) is 6.04 Å². The normalized spacial score (nSPS) is 12.4. The largest absolute Gasteiger partial charge is 0.303 e. The molecular formula is C14H19N. The molecule has 0 aliphatic carbocycles. The van der Waals surface area contributed by atoms with E-state index in [2.05, 4.69) is 37.2 Å². The van der Waals surface area contributed by atoms with Gasteiger partial charge in [0.1, 0.15) is 0 Å². The Balaban J connectivity index is 2.45. The lowest BCUT2D eigenvalue weighted by molar-refractivity contribution is 0.515. The quantitative estimate of drug-likeness (QED) is 0.722. The zero-order chi connectivity index (χ0) is 11.1. The van der Waals surface area contributed by atoms with Crippen LogP contribution in [-0.2, 0) is 6.42 Å². The van der Waals surface area contributed by atoms with E-state index in [4.69, 9.17) is 6.42 Å². The summed E-state index contributed by atoms with van der Waals surface area (Å²) in [6.07, 6.45) is 6.40. The highest BCUT2D eigenvalue weighted by Crippen LogP contribution is 2.03. The van der Waals surface area contributed by atoms with Crippen molar-refractivity contribution in [2.24, 2.45) is 5.92 Å². The molecule has 1 atom stereocenters. The van der Waals surface area contributed by atoms with Gasteiger partial charge in [0, 0.05) is 0 Å². The van der Waals surface area contributed by atoms with Crippen molar-refractivity contribution in [3.05, 3.63) is 35.9 Å². The fourth-order valence-corrected chi connectivity index (χ4v) is 1.42. The number of benzene rings is 1. The molecule has 15 heavy (non-hydrogen) atoms. The van der Waals surface area contributed by atoms with Gasteiger partial charge < -0.3 is 5.32 Å². The molecule has 0 bridgehead atoms. The minimum atomic E-state index is 0.148. The fraction of sp³-hybridized carbons (Fsp3) is 0.429. The highest BCUT2D eigenvalue weighted by atomic mass is 14.9. The maximum Gasteiger partial charge on any atom is 0.0727 e. The molecule has 1 nitrogen and oxygen atoms in total. The Labute approximate surface area is 92.9 Å². The summed E-state index contributed by atoms with van der Waals surface area (Å²) in [5.74, 6) is 3.43. The second-order valence-corrected chi connectivity index (χ2v) is 4.21. The van der Waals surface area contributed by atoms with E-state index in [9.17, 15) is 0 Å². The van der Waals surface area contributed by atoms with Crippen molar-refractivity contribution >= 4 is 0 Å². The van der Waals surface area contributed by atoms with Gasteiger partial charge in [0.25, 0.3) is 0 Å². The van der Waals surface area contributed by atoms with Gasteiger partial charge in [0.2, 0.25) is 0 Å². The Bertz CT molecular complexity index is 308. The zero-order valence-corrected chi connectivity index (χ0v) is 9.53. The molecular weight excluding hydrogens is 182 g/mol. The number of hydrogen-bond acceptors (Lipinski definition) is 1. The van der Waals surface area contributed by atoms with E-state index in [1.54, 1.807) is 0 Å². The van der Waals surface area contributed by atoms with Crippen LogP contribution in [0.3, 0.4) is 0 Å². The van der Waals surface area contributed by atoms with Crippen LogP contribution in [0.5, 0.6) is 0 Å². The molecule has 0 saturated heterocycles. The molecule has 1 unspecified atom stereocenters. The van der Waals surface area contributed by atoms with Gasteiger partial charge >= 0.3 is 0 Å². The van der Waals surface area contributed by atoms with Crippen molar-refractivity contribution in [3.8, 4) is 12.3 Å². The maximum absolute atomic E-state index is 5.49. The van der Waals surface area contributed by atoms with E-state index in [1.807, 2.05) is 18.2 Å². The van der Waals surface area contributed by atoms with Crippen molar-refractivity contribution < 1.29 is 0 Å². The highest BCUT2D eigenvalue weighted by Gasteiger charge is 2.05. The molecule has 0 amide bonds. The average Bonchev–Trinajstić information content (AvgIpc) is 2.25. The third kappa shape index (κ3) is 4.67. The Morgan fingerprint density at radius 1 is 1.27 bits per heavy atom. The summed E-state index contributed by atoms with van der Waals surface area (Å²) in [4.78, 5) is 0. The third-order valence-electron chi connectivity index (χ3n) is 2.26. The molecule has 0 aliphatic rings. The van der Waals surface area contributed by atoms with Gasteiger partial charge in [0.15, 0.2) is 0 Å². The molecule has 0 heterocycles. The van der Waals surface area contributed by atoms with E-state index in [0.717, 1.165) is 13.0 Å². The van der Waals surface area contributed by atoms with E-state index < -0.39 is 0 Å². The summed E-state index contributed by atoms with van der Waals surface area (Å²) < 4.78 is 0. The standard InChI is InChI=1S/C14H19N/c1-4-14(15-11-12(2)3)10-13-8-6-5-7-9-13/h1,5-9,12,14-15H,10-11H2,2-3H3. The van der Waals surface area contributed by atoms with Crippen molar-refractivity contribution in [1.82, 2.24) is 5.32 Å². The van der Waals surface area contributed by atoms with Crippen LogP contribution in [0.4, 0.5) is 0 Å². The predicted octanol–water partition coefficient (Wildman–Crippen LogP) is 2.48. The number of rotatable bonds is 5. The Hall–Kier alpha value is -1.26. The van der Waals surface area contributed by atoms with Gasteiger partial charge in [-0.1, -0.05) is 50.1 Å². The zero-order valence-electron chi connectivity index (χ0n) is 9.53. The molecule has 1 aromatic carbocycles. The molecule has 0 aromatic heterocycles. The molecule has 1 aromatic rings. The van der Waals surface area contributed by atoms with Crippen molar-refractivity contribution in [2.75, 3.05) is 6.54 Å². The van der Waals surface area contributed by atoms with Gasteiger partial charge in [-0.2, -0.15) is 0 Å². The van der Waals surface area contributed by atoms with E-state index in [-0.39, 0.29) is 6.04 Å². The minimum Gasteiger partial charge on any atom is -0.303 e. The lowest BCUT2D eigenvalue weighted by Crippen LogP contribution is -2.32. The van der Waals surface area contributed by atoms with Crippen LogP contribution in [0.2, 0.25) is 0 Å². The molecule has 80 valence electrons. The Morgan fingerprint density at radius 3 is 2.47 bits per heavy atom. The summed E-state index contributed by atoms with van der Waals surface area (Å²) in [7, 11) is 0. The first-order chi connectivity index (χ1) is 7.22. The molecule has 0 radical (unpaired) electrons. The van der Waals surface area contributed by atoms with Gasteiger partial charge in [-0.3, -0.25) is 0 Å². The first-order valence-corrected chi connectivity index (χ1v) is 5.46. The SMILES string of the molecule is C#CC(Cc1ccccc1)NCC(C)C.